The van der Waals surface area contributed by atoms with Crippen molar-refractivity contribution < 1.29 is 8.78 Å². The smallest absolute Gasteiger partial charge is 0.285 e. The van der Waals surface area contributed by atoms with E-state index < -0.39 is 22.3 Å². The second-order valence-corrected chi connectivity index (χ2v) is 10.6. The van der Waals surface area contributed by atoms with E-state index in [0.717, 1.165) is 38.4 Å². The quantitative estimate of drug-likeness (QED) is 0.230. The van der Waals surface area contributed by atoms with Gasteiger partial charge in [0.15, 0.2) is 0 Å². The van der Waals surface area contributed by atoms with Gasteiger partial charge in [-0.15, -0.1) is 11.3 Å². The summed E-state index contributed by atoms with van der Waals surface area (Å²) in [5.41, 5.74) is 0.777. The zero-order valence-electron chi connectivity index (χ0n) is 22.7. The predicted molar refractivity (Wildman–Crippen MR) is 164 cm³/mol. The lowest BCUT2D eigenvalue weighted by Gasteiger charge is -2.19. The summed E-state index contributed by atoms with van der Waals surface area (Å²) in [5, 5.41) is 12.8. The average Bonchev–Trinajstić information content (AvgIpc) is 3.41. The van der Waals surface area contributed by atoms with Crippen LogP contribution < -0.4 is 10.9 Å². The summed E-state index contributed by atoms with van der Waals surface area (Å²) >= 11 is 1.40. The first-order valence-corrected chi connectivity index (χ1v) is 13.9. The predicted octanol–water partition coefficient (Wildman–Crippen LogP) is 8.42. The van der Waals surface area contributed by atoms with E-state index in [1.54, 1.807) is 12.1 Å². The van der Waals surface area contributed by atoms with Gasteiger partial charge in [-0.05, 0) is 60.4 Å². The highest BCUT2D eigenvalue weighted by Gasteiger charge is 2.32. The van der Waals surface area contributed by atoms with Crippen LogP contribution in [0.25, 0.3) is 27.1 Å². The molecule has 1 unspecified atom stereocenters. The topological polar surface area (TPSA) is 57.8 Å². The van der Waals surface area contributed by atoms with Gasteiger partial charge in [-0.3, -0.25) is 4.79 Å². The molecule has 0 aliphatic heterocycles. The standard InChI is InChI=1S/C29H26F2N3OPS.C2H6/c1-5-19-8-9-20(13-24(19)33-4)26-10-11-27(37-26)25-14-23(29(30,31)36)22(15-32)28(35)34(25)16-21-7-6-17(2)12-18(21)3;1-2/h5-14,33H,1,16,36H2,2-4H3;1-2H3. The van der Waals surface area contributed by atoms with Gasteiger partial charge in [-0.2, -0.15) is 14.0 Å². The maximum Gasteiger partial charge on any atom is 0.285 e. The van der Waals surface area contributed by atoms with Gasteiger partial charge in [0, 0.05) is 23.2 Å². The zero-order valence-corrected chi connectivity index (χ0v) is 24.7. The van der Waals surface area contributed by atoms with E-state index in [1.807, 2.05) is 83.3 Å². The largest absolute Gasteiger partial charge is 0.388 e. The Labute approximate surface area is 234 Å². The lowest BCUT2D eigenvalue weighted by Crippen LogP contribution is -2.28. The third-order valence-electron chi connectivity index (χ3n) is 6.28. The van der Waals surface area contributed by atoms with Gasteiger partial charge in [0.25, 0.3) is 11.2 Å². The molecule has 4 nitrogen and oxygen atoms in total. The van der Waals surface area contributed by atoms with Crippen LogP contribution in [0.5, 0.6) is 0 Å². The Kier molecular flexibility index (Phi) is 9.61. The van der Waals surface area contributed by atoms with E-state index >= 15 is 0 Å². The summed E-state index contributed by atoms with van der Waals surface area (Å²) in [6, 6.07) is 18.5. The number of nitriles is 1. The molecule has 4 rings (SSSR count). The van der Waals surface area contributed by atoms with Gasteiger partial charge in [-0.25, -0.2) is 0 Å². The first-order valence-electron chi connectivity index (χ1n) is 12.5. The number of alkyl halides is 2. The van der Waals surface area contributed by atoms with Gasteiger partial charge in [0.1, 0.15) is 11.6 Å². The van der Waals surface area contributed by atoms with Crippen LogP contribution in [0.4, 0.5) is 14.5 Å². The minimum Gasteiger partial charge on any atom is -0.388 e. The maximum absolute atomic E-state index is 14.5. The summed E-state index contributed by atoms with van der Waals surface area (Å²) in [6.45, 7) is 11.9. The zero-order chi connectivity index (χ0) is 28.9. The minimum atomic E-state index is -3.43. The molecule has 39 heavy (non-hydrogen) atoms. The molecule has 0 aliphatic rings. The molecule has 8 heteroatoms. The number of pyridine rings is 1. The van der Waals surface area contributed by atoms with Crippen LogP contribution in [-0.4, -0.2) is 11.6 Å². The Bertz CT molecular complexity index is 1610. The molecule has 0 spiro atoms. The molecule has 2 aromatic heterocycles. The van der Waals surface area contributed by atoms with E-state index in [4.69, 9.17) is 0 Å². The first kappa shape index (κ1) is 30.0. The fourth-order valence-electron chi connectivity index (χ4n) is 4.31. The van der Waals surface area contributed by atoms with Crippen LogP contribution in [0.15, 0.2) is 66.0 Å². The van der Waals surface area contributed by atoms with Gasteiger partial charge in [0.05, 0.1) is 17.1 Å². The minimum absolute atomic E-state index is 0.156. The van der Waals surface area contributed by atoms with Crippen LogP contribution in [0.2, 0.25) is 0 Å². The van der Waals surface area contributed by atoms with Crippen molar-refractivity contribution in [3.05, 3.63) is 105 Å². The van der Waals surface area contributed by atoms with Crippen LogP contribution >= 0.6 is 20.6 Å². The molecule has 202 valence electrons. The summed E-state index contributed by atoms with van der Waals surface area (Å²) in [4.78, 5) is 15.0. The summed E-state index contributed by atoms with van der Waals surface area (Å²) < 4.78 is 30.5. The highest BCUT2D eigenvalue weighted by Crippen LogP contribution is 2.40. The van der Waals surface area contributed by atoms with Crippen molar-refractivity contribution in [2.24, 2.45) is 0 Å². The second kappa shape index (κ2) is 12.5. The molecule has 0 amide bonds. The SMILES string of the molecule is C=Cc1ccc(-c2ccc(-c3cc(C(F)(F)P)c(C#N)c(=O)n3Cc3ccc(C)cc3C)s2)cc1NC.CC. The van der Waals surface area contributed by atoms with E-state index in [9.17, 15) is 18.8 Å². The van der Waals surface area contributed by atoms with Gasteiger partial charge in [0.2, 0.25) is 0 Å². The average molecular weight is 564 g/mol. The number of nitrogens with one attached hydrogen (secondary N) is 1. The van der Waals surface area contributed by atoms with Crippen molar-refractivity contribution in [1.82, 2.24) is 4.57 Å². The molecule has 0 saturated heterocycles. The Morgan fingerprint density at radius 3 is 2.38 bits per heavy atom. The van der Waals surface area contributed by atoms with Gasteiger partial charge in [-0.1, -0.05) is 71.6 Å². The number of halogens is 2. The van der Waals surface area contributed by atoms with E-state index in [-0.39, 0.29) is 6.54 Å². The van der Waals surface area contributed by atoms with Crippen LogP contribution in [0.1, 0.15) is 47.2 Å². The summed E-state index contributed by atoms with van der Waals surface area (Å²) in [5.74, 6) is 0. The second-order valence-electron chi connectivity index (χ2n) is 8.79. The molecule has 1 atom stereocenters. The van der Waals surface area contributed by atoms with Crippen LogP contribution in [-0.2, 0) is 12.2 Å². The number of nitrogens with zero attached hydrogens (tertiary/aromatic N) is 2. The van der Waals surface area contributed by atoms with Gasteiger partial charge >= 0.3 is 0 Å². The molecule has 1 N–H and O–H groups in total. The van der Waals surface area contributed by atoms with Crippen molar-refractivity contribution in [2.45, 2.75) is 39.9 Å². The molecule has 0 bridgehead atoms. The van der Waals surface area contributed by atoms with Crippen LogP contribution in [0, 0.1) is 25.2 Å². The van der Waals surface area contributed by atoms with E-state index in [1.165, 1.54) is 31.2 Å². The Morgan fingerprint density at radius 2 is 1.79 bits per heavy atom. The number of anilines is 1. The van der Waals surface area contributed by atoms with Crippen molar-refractivity contribution in [3.8, 4) is 27.1 Å². The molecule has 0 fully saturated rings. The molecule has 4 aromatic rings. The lowest BCUT2D eigenvalue weighted by molar-refractivity contribution is 0.103. The fraction of sp³-hybridized carbons (Fsp3) is 0.226. The van der Waals surface area contributed by atoms with Crippen molar-refractivity contribution >= 4 is 32.3 Å². The molecule has 0 aliphatic carbocycles. The van der Waals surface area contributed by atoms with Crippen molar-refractivity contribution in [3.63, 3.8) is 0 Å². The van der Waals surface area contributed by atoms with Gasteiger partial charge < -0.3 is 9.88 Å². The van der Waals surface area contributed by atoms with Crippen LogP contribution in [0.3, 0.4) is 0 Å². The fourth-order valence-corrected chi connectivity index (χ4v) is 5.56. The molecule has 0 radical (unpaired) electrons. The normalized spacial score (nSPS) is 10.8. The number of aryl methyl sites for hydroxylation is 2. The Balaban J connectivity index is 0.00000205. The highest BCUT2D eigenvalue weighted by atomic mass is 32.1. The lowest BCUT2D eigenvalue weighted by atomic mass is 10.0. The van der Waals surface area contributed by atoms with Crippen molar-refractivity contribution in [1.29, 1.82) is 5.26 Å². The number of benzene rings is 2. The van der Waals surface area contributed by atoms with E-state index in [0.29, 0.717) is 10.6 Å². The number of thiophene rings is 1. The third kappa shape index (κ3) is 6.36. The van der Waals surface area contributed by atoms with Crippen molar-refractivity contribution in [2.75, 3.05) is 12.4 Å². The first-order chi connectivity index (χ1) is 18.6. The molecular weight excluding hydrogens is 531 g/mol. The number of hydrogen-bond acceptors (Lipinski definition) is 4. The Hall–Kier alpha value is -3.59. The summed E-state index contributed by atoms with van der Waals surface area (Å²) in [7, 11) is 3.27. The third-order valence-corrected chi connectivity index (χ3v) is 7.75. The summed E-state index contributed by atoms with van der Waals surface area (Å²) in [6.07, 6.45) is 1.77. The number of aromatic nitrogens is 1. The van der Waals surface area contributed by atoms with E-state index in [2.05, 4.69) is 11.9 Å². The maximum atomic E-state index is 14.5. The molecule has 2 heterocycles. The molecule has 2 aromatic carbocycles. The highest BCUT2D eigenvalue weighted by molar-refractivity contribution is 7.18. The number of rotatable bonds is 7. The number of hydrogen-bond donors (Lipinski definition) is 1. The molecular formula is C31H32F2N3OPS. The Morgan fingerprint density at radius 1 is 1.10 bits per heavy atom. The monoisotopic (exact) mass is 563 g/mol. The molecule has 0 saturated carbocycles.